The SMILES string of the molecule is COCC(C)CNS(=O)(=O)c1cc(C(=O)O)n(C2CC2)c1. The number of nitrogens with one attached hydrogen (secondary N) is 1. The Morgan fingerprint density at radius 1 is 1.57 bits per heavy atom. The summed E-state index contributed by atoms with van der Waals surface area (Å²) in [6, 6.07) is 1.32. The number of carboxylic acid groups (broad SMARTS) is 1. The lowest BCUT2D eigenvalue weighted by molar-refractivity contribution is 0.0685. The van der Waals surface area contributed by atoms with Gasteiger partial charge in [-0.1, -0.05) is 6.92 Å². The predicted molar refractivity (Wildman–Crippen MR) is 75.9 cm³/mol. The monoisotopic (exact) mass is 316 g/mol. The summed E-state index contributed by atoms with van der Waals surface area (Å²) < 4.78 is 33.4. The van der Waals surface area contributed by atoms with Crippen LogP contribution in [-0.4, -0.2) is 44.3 Å². The Balaban J connectivity index is 2.16. The van der Waals surface area contributed by atoms with Crippen molar-refractivity contribution >= 4 is 16.0 Å². The first-order valence-electron chi connectivity index (χ1n) is 6.79. The molecule has 0 bridgehead atoms. The number of sulfonamides is 1. The van der Waals surface area contributed by atoms with Gasteiger partial charge >= 0.3 is 5.97 Å². The van der Waals surface area contributed by atoms with Gasteiger partial charge in [0.15, 0.2) is 0 Å². The molecule has 21 heavy (non-hydrogen) atoms. The van der Waals surface area contributed by atoms with Crippen molar-refractivity contribution in [2.45, 2.75) is 30.7 Å². The fourth-order valence-corrected chi connectivity index (χ4v) is 3.30. The van der Waals surface area contributed by atoms with Crippen molar-refractivity contribution in [3.63, 3.8) is 0 Å². The first kappa shape index (κ1) is 16.0. The molecule has 1 saturated carbocycles. The number of rotatable bonds is 8. The summed E-state index contributed by atoms with van der Waals surface area (Å²) in [6.45, 7) is 2.56. The van der Waals surface area contributed by atoms with Gasteiger partial charge in [-0.3, -0.25) is 0 Å². The zero-order chi connectivity index (χ0) is 15.6. The lowest BCUT2D eigenvalue weighted by Crippen LogP contribution is -2.29. The van der Waals surface area contributed by atoms with Gasteiger partial charge in [0.2, 0.25) is 10.0 Å². The van der Waals surface area contributed by atoms with Crippen LogP contribution in [0.25, 0.3) is 0 Å². The van der Waals surface area contributed by atoms with Gasteiger partial charge in [0, 0.05) is 32.5 Å². The molecule has 0 spiro atoms. The Morgan fingerprint density at radius 3 is 2.76 bits per heavy atom. The topological polar surface area (TPSA) is 97.6 Å². The maximum Gasteiger partial charge on any atom is 0.352 e. The van der Waals surface area contributed by atoms with E-state index in [1.54, 1.807) is 7.11 Å². The van der Waals surface area contributed by atoms with E-state index in [0.717, 1.165) is 12.8 Å². The zero-order valence-corrected chi connectivity index (χ0v) is 12.9. The van der Waals surface area contributed by atoms with Crippen LogP contribution in [-0.2, 0) is 14.8 Å². The highest BCUT2D eigenvalue weighted by atomic mass is 32.2. The van der Waals surface area contributed by atoms with Crippen LogP contribution in [0.1, 0.15) is 36.3 Å². The summed E-state index contributed by atoms with van der Waals surface area (Å²) in [5, 5.41) is 9.16. The molecule has 1 heterocycles. The summed E-state index contributed by atoms with van der Waals surface area (Å²) in [7, 11) is -2.15. The molecular weight excluding hydrogens is 296 g/mol. The Hall–Kier alpha value is -1.38. The highest BCUT2D eigenvalue weighted by Crippen LogP contribution is 2.37. The minimum absolute atomic E-state index is 0.00332. The van der Waals surface area contributed by atoms with Gasteiger partial charge in [0.05, 0.1) is 0 Å². The molecule has 0 aromatic carbocycles. The second-order valence-electron chi connectivity index (χ2n) is 5.42. The first-order valence-corrected chi connectivity index (χ1v) is 8.27. The molecule has 7 nitrogen and oxygen atoms in total. The van der Waals surface area contributed by atoms with Gasteiger partial charge in [-0.2, -0.15) is 0 Å². The smallest absolute Gasteiger partial charge is 0.352 e. The van der Waals surface area contributed by atoms with Crippen LogP contribution in [0.15, 0.2) is 17.2 Å². The van der Waals surface area contributed by atoms with Gasteiger partial charge in [0.1, 0.15) is 10.6 Å². The number of hydrogen-bond acceptors (Lipinski definition) is 4. The summed E-state index contributed by atoms with van der Waals surface area (Å²) >= 11 is 0. The van der Waals surface area contributed by atoms with E-state index in [0.29, 0.717) is 6.61 Å². The largest absolute Gasteiger partial charge is 0.477 e. The molecule has 1 unspecified atom stereocenters. The number of aromatic carboxylic acids is 1. The third-order valence-electron chi connectivity index (χ3n) is 3.37. The van der Waals surface area contributed by atoms with Crippen LogP contribution < -0.4 is 4.72 Å². The van der Waals surface area contributed by atoms with Crippen molar-refractivity contribution in [2.24, 2.45) is 5.92 Å². The fourth-order valence-electron chi connectivity index (χ4n) is 2.11. The normalized spacial score (nSPS) is 16.9. The molecule has 1 aliphatic carbocycles. The number of ether oxygens (including phenoxy) is 1. The third kappa shape index (κ3) is 3.84. The average molecular weight is 316 g/mol. The Morgan fingerprint density at radius 2 is 2.24 bits per heavy atom. The molecule has 1 aliphatic rings. The predicted octanol–water partition coefficient (Wildman–Crippen LogP) is 1.08. The van der Waals surface area contributed by atoms with Crippen LogP contribution in [0, 0.1) is 5.92 Å². The van der Waals surface area contributed by atoms with Crippen LogP contribution in [0.4, 0.5) is 0 Å². The molecule has 0 aliphatic heterocycles. The summed E-state index contributed by atoms with van der Waals surface area (Å²) in [6.07, 6.45) is 3.17. The minimum Gasteiger partial charge on any atom is -0.477 e. The van der Waals surface area contributed by atoms with E-state index in [1.165, 1.54) is 16.8 Å². The highest BCUT2D eigenvalue weighted by Gasteiger charge is 2.30. The number of methoxy groups -OCH3 is 1. The summed E-state index contributed by atoms with van der Waals surface area (Å²) in [4.78, 5) is 11.2. The van der Waals surface area contributed by atoms with Gasteiger partial charge in [0.25, 0.3) is 0 Å². The van der Waals surface area contributed by atoms with E-state index in [1.807, 2.05) is 6.92 Å². The van der Waals surface area contributed by atoms with Crippen molar-refractivity contribution in [3.05, 3.63) is 18.0 Å². The van der Waals surface area contributed by atoms with E-state index in [4.69, 9.17) is 9.84 Å². The van der Waals surface area contributed by atoms with Crippen LogP contribution in [0.3, 0.4) is 0 Å². The van der Waals surface area contributed by atoms with Crippen LogP contribution >= 0.6 is 0 Å². The zero-order valence-electron chi connectivity index (χ0n) is 12.1. The number of carboxylic acids is 1. The molecule has 2 N–H and O–H groups in total. The summed E-state index contributed by atoms with van der Waals surface area (Å²) in [5.41, 5.74) is 0.0165. The molecule has 1 fully saturated rings. The maximum absolute atomic E-state index is 12.2. The molecular formula is C13H20N2O5S. The number of hydrogen-bond donors (Lipinski definition) is 2. The van der Waals surface area contributed by atoms with Gasteiger partial charge in [-0.05, 0) is 24.8 Å². The number of aromatic nitrogens is 1. The average Bonchev–Trinajstić information content (AvgIpc) is 3.14. The quantitative estimate of drug-likeness (QED) is 0.748. The minimum atomic E-state index is -3.70. The second-order valence-corrected chi connectivity index (χ2v) is 7.18. The van der Waals surface area contributed by atoms with Crippen molar-refractivity contribution in [1.82, 2.24) is 9.29 Å². The van der Waals surface area contributed by atoms with Crippen molar-refractivity contribution < 1.29 is 23.1 Å². The Bertz CT molecular complexity index is 619. The molecule has 8 heteroatoms. The molecule has 0 radical (unpaired) electrons. The van der Waals surface area contributed by atoms with E-state index in [-0.39, 0.29) is 29.1 Å². The Labute approximate surface area is 124 Å². The second kappa shape index (κ2) is 6.17. The van der Waals surface area contributed by atoms with E-state index in [2.05, 4.69) is 4.72 Å². The molecule has 1 atom stereocenters. The van der Waals surface area contributed by atoms with E-state index >= 15 is 0 Å². The van der Waals surface area contributed by atoms with Crippen LogP contribution in [0.5, 0.6) is 0 Å². The summed E-state index contributed by atoms with van der Waals surface area (Å²) in [5.74, 6) is -1.08. The van der Waals surface area contributed by atoms with Crippen LogP contribution in [0.2, 0.25) is 0 Å². The lowest BCUT2D eigenvalue weighted by atomic mass is 10.2. The molecule has 0 saturated heterocycles. The van der Waals surface area contributed by atoms with E-state index < -0.39 is 16.0 Å². The molecule has 118 valence electrons. The molecule has 1 aromatic heterocycles. The standard InChI is InChI=1S/C13H20N2O5S/c1-9(8-20-2)6-14-21(18,19)11-5-12(13(16)17)15(7-11)10-3-4-10/h5,7,9-10,14H,3-4,6,8H2,1-2H3,(H,16,17). The van der Waals surface area contributed by atoms with Gasteiger partial charge < -0.3 is 14.4 Å². The molecule has 0 amide bonds. The van der Waals surface area contributed by atoms with E-state index in [9.17, 15) is 13.2 Å². The van der Waals surface area contributed by atoms with Gasteiger partial charge in [-0.25, -0.2) is 17.9 Å². The number of nitrogens with zero attached hydrogens (tertiary/aromatic N) is 1. The Kier molecular flexibility index (Phi) is 4.70. The van der Waals surface area contributed by atoms with Crippen molar-refractivity contribution in [2.75, 3.05) is 20.3 Å². The molecule has 2 rings (SSSR count). The van der Waals surface area contributed by atoms with Crippen molar-refractivity contribution in [1.29, 1.82) is 0 Å². The van der Waals surface area contributed by atoms with Crippen molar-refractivity contribution in [3.8, 4) is 0 Å². The lowest BCUT2D eigenvalue weighted by Gasteiger charge is -2.11. The highest BCUT2D eigenvalue weighted by molar-refractivity contribution is 7.89. The van der Waals surface area contributed by atoms with Gasteiger partial charge in [-0.15, -0.1) is 0 Å². The maximum atomic E-state index is 12.2. The third-order valence-corrected chi connectivity index (χ3v) is 4.76. The first-order chi connectivity index (χ1) is 9.85. The number of carbonyl (C=O) groups is 1. The fraction of sp³-hybridized carbons (Fsp3) is 0.615. The molecule has 1 aromatic rings.